The summed E-state index contributed by atoms with van der Waals surface area (Å²) in [6.07, 6.45) is 10.2. The van der Waals surface area contributed by atoms with Crippen LogP contribution in [0.2, 0.25) is 0 Å². The summed E-state index contributed by atoms with van der Waals surface area (Å²) in [6.45, 7) is 4.02. The second kappa shape index (κ2) is 7.63. The summed E-state index contributed by atoms with van der Waals surface area (Å²) in [6, 6.07) is 0. The zero-order chi connectivity index (χ0) is 8.53. The highest BCUT2D eigenvalue weighted by Crippen LogP contribution is 2.11. The Kier molecular flexibility index (Phi) is 7.31. The van der Waals surface area contributed by atoms with Crippen LogP contribution < -0.4 is 4.72 Å². The van der Waals surface area contributed by atoms with Crippen LogP contribution >= 0.6 is 11.9 Å². The number of rotatable bonds is 4. The molecular weight excluding hydrogens is 154 g/mol. The molecule has 0 radical (unpaired) electrons. The predicted octanol–water partition coefficient (Wildman–Crippen LogP) is 2.89. The molecule has 0 spiro atoms. The van der Waals surface area contributed by atoms with Crippen LogP contribution in [-0.2, 0) is 0 Å². The Labute approximate surface area is 73.4 Å². The largest absolute Gasteiger partial charge is 0.263 e. The Balaban J connectivity index is 4.07. The van der Waals surface area contributed by atoms with Gasteiger partial charge in [0.05, 0.1) is 0 Å². The van der Waals surface area contributed by atoms with Gasteiger partial charge in [-0.15, -0.1) is 0 Å². The van der Waals surface area contributed by atoms with Crippen molar-refractivity contribution in [3.63, 3.8) is 0 Å². The van der Waals surface area contributed by atoms with E-state index < -0.39 is 0 Å². The van der Waals surface area contributed by atoms with E-state index >= 15 is 0 Å². The van der Waals surface area contributed by atoms with Crippen molar-refractivity contribution in [1.29, 1.82) is 0 Å². The maximum Gasteiger partial charge on any atom is 0.0224 e. The molecule has 0 aromatic heterocycles. The van der Waals surface area contributed by atoms with Gasteiger partial charge in [0.25, 0.3) is 0 Å². The minimum atomic E-state index is 1.22. The molecule has 1 N–H and O–H groups in total. The second-order valence-electron chi connectivity index (χ2n) is 1.90. The van der Waals surface area contributed by atoms with Crippen LogP contribution in [0.3, 0.4) is 0 Å². The summed E-state index contributed by atoms with van der Waals surface area (Å²) in [5.41, 5.74) is 0. The highest BCUT2D eigenvalue weighted by Gasteiger charge is 1.86. The average molecular weight is 169 g/mol. The monoisotopic (exact) mass is 169 g/mol. The van der Waals surface area contributed by atoms with Crippen LogP contribution in [0.4, 0.5) is 0 Å². The molecule has 0 aliphatic carbocycles. The van der Waals surface area contributed by atoms with Crippen LogP contribution in [0.5, 0.6) is 0 Å². The first kappa shape index (κ1) is 10.5. The van der Waals surface area contributed by atoms with Gasteiger partial charge in [-0.25, -0.2) is 0 Å². The lowest BCUT2D eigenvalue weighted by atomic mass is 10.4. The van der Waals surface area contributed by atoms with Crippen LogP contribution in [0, 0.1) is 0 Å². The predicted molar refractivity (Wildman–Crippen MR) is 54.4 cm³/mol. The van der Waals surface area contributed by atoms with E-state index in [0.717, 1.165) is 0 Å². The molecule has 0 saturated carbocycles. The quantitative estimate of drug-likeness (QED) is 0.513. The molecule has 2 heteroatoms. The molecule has 0 rings (SSSR count). The molecule has 0 unspecified atom stereocenters. The SMILES string of the molecule is C\C=C/C=C(\C=C/C)SNC. The maximum absolute atomic E-state index is 3.02. The van der Waals surface area contributed by atoms with E-state index in [2.05, 4.69) is 16.9 Å². The van der Waals surface area contributed by atoms with Gasteiger partial charge in [0.2, 0.25) is 0 Å². The van der Waals surface area contributed by atoms with Crippen molar-refractivity contribution >= 4 is 11.9 Å². The second-order valence-corrected chi connectivity index (χ2v) is 2.98. The summed E-state index contributed by atoms with van der Waals surface area (Å²) >= 11 is 1.61. The minimum absolute atomic E-state index is 1.22. The standard InChI is InChI=1S/C9H15NS/c1-4-6-8-9(7-5-2)11-10-3/h4-8,10H,1-3H3/b6-4-,7-5-,9-8+. The third-order valence-electron chi connectivity index (χ3n) is 1.00. The highest BCUT2D eigenvalue weighted by molar-refractivity contribution is 8.01. The minimum Gasteiger partial charge on any atom is -0.263 e. The number of hydrogen-bond acceptors (Lipinski definition) is 2. The van der Waals surface area contributed by atoms with Gasteiger partial charge < -0.3 is 0 Å². The van der Waals surface area contributed by atoms with Crippen molar-refractivity contribution in [2.75, 3.05) is 7.05 Å². The van der Waals surface area contributed by atoms with E-state index in [1.54, 1.807) is 11.9 Å². The third-order valence-corrected chi connectivity index (χ3v) is 1.72. The van der Waals surface area contributed by atoms with E-state index in [9.17, 15) is 0 Å². The van der Waals surface area contributed by atoms with Crippen LogP contribution in [0.1, 0.15) is 13.8 Å². The smallest absolute Gasteiger partial charge is 0.0224 e. The van der Waals surface area contributed by atoms with E-state index in [1.165, 1.54) is 4.91 Å². The van der Waals surface area contributed by atoms with Crippen molar-refractivity contribution in [1.82, 2.24) is 4.72 Å². The van der Waals surface area contributed by atoms with E-state index in [4.69, 9.17) is 0 Å². The van der Waals surface area contributed by atoms with Crippen LogP contribution in [0.25, 0.3) is 0 Å². The number of hydrogen-bond donors (Lipinski definition) is 1. The van der Waals surface area contributed by atoms with Crippen molar-refractivity contribution in [3.8, 4) is 0 Å². The molecule has 1 nitrogen and oxygen atoms in total. The first-order valence-electron chi connectivity index (χ1n) is 3.64. The molecule has 11 heavy (non-hydrogen) atoms. The molecule has 0 aromatic rings. The maximum atomic E-state index is 3.02. The molecule has 0 heterocycles. The third kappa shape index (κ3) is 5.95. The first-order valence-corrected chi connectivity index (χ1v) is 4.46. The summed E-state index contributed by atoms with van der Waals surface area (Å²) in [7, 11) is 1.91. The van der Waals surface area contributed by atoms with Crippen LogP contribution in [-0.4, -0.2) is 7.05 Å². The zero-order valence-corrected chi connectivity index (χ0v) is 8.11. The van der Waals surface area contributed by atoms with Crippen molar-refractivity contribution < 1.29 is 0 Å². The highest BCUT2D eigenvalue weighted by atomic mass is 32.2. The molecular formula is C9H15NS. The molecule has 0 aromatic carbocycles. The lowest BCUT2D eigenvalue weighted by Gasteiger charge is -1.96. The summed E-state index contributed by atoms with van der Waals surface area (Å²) in [4.78, 5) is 1.22. The Bertz CT molecular complexity index is 168. The summed E-state index contributed by atoms with van der Waals surface area (Å²) < 4.78 is 3.02. The van der Waals surface area contributed by atoms with Crippen LogP contribution in [0.15, 0.2) is 35.3 Å². The van der Waals surface area contributed by atoms with E-state index in [0.29, 0.717) is 0 Å². The fourth-order valence-corrected chi connectivity index (χ4v) is 1.18. The molecule has 0 bridgehead atoms. The summed E-state index contributed by atoms with van der Waals surface area (Å²) in [5, 5.41) is 0. The normalized spacial score (nSPS) is 13.5. The fraction of sp³-hybridized carbons (Fsp3) is 0.333. The van der Waals surface area contributed by atoms with Crippen molar-refractivity contribution in [2.45, 2.75) is 13.8 Å². The van der Waals surface area contributed by atoms with E-state index in [1.807, 2.05) is 39.1 Å². The Morgan fingerprint density at radius 1 is 1.27 bits per heavy atom. The van der Waals surface area contributed by atoms with Gasteiger partial charge in [-0.2, -0.15) is 0 Å². The van der Waals surface area contributed by atoms with Gasteiger partial charge in [0.1, 0.15) is 0 Å². The molecule has 0 aliphatic rings. The van der Waals surface area contributed by atoms with Crippen molar-refractivity contribution in [3.05, 3.63) is 35.3 Å². The molecule has 0 fully saturated rings. The first-order chi connectivity index (χ1) is 5.35. The summed E-state index contributed by atoms with van der Waals surface area (Å²) in [5.74, 6) is 0. The Morgan fingerprint density at radius 2 is 2.00 bits per heavy atom. The molecule has 0 saturated heterocycles. The molecule has 0 atom stereocenters. The Hall–Kier alpha value is -0.470. The van der Waals surface area contributed by atoms with Gasteiger partial charge in [0, 0.05) is 4.91 Å². The molecule has 0 amide bonds. The van der Waals surface area contributed by atoms with Gasteiger partial charge >= 0.3 is 0 Å². The molecule has 0 aliphatic heterocycles. The number of allylic oxidation sites excluding steroid dienone is 5. The van der Waals surface area contributed by atoms with Gasteiger partial charge in [-0.3, -0.25) is 4.72 Å². The van der Waals surface area contributed by atoms with Gasteiger partial charge in [-0.1, -0.05) is 24.3 Å². The topological polar surface area (TPSA) is 12.0 Å². The lowest BCUT2D eigenvalue weighted by molar-refractivity contribution is 1.30. The van der Waals surface area contributed by atoms with Crippen molar-refractivity contribution in [2.24, 2.45) is 0 Å². The zero-order valence-electron chi connectivity index (χ0n) is 7.29. The Morgan fingerprint density at radius 3 is 2.45 bits per heavy atom. The average Bonchev–Trinajstić information content (AvgIpc) is 2.01. The van der Waals surface area contributed by atoms with E-state index in [-0.39, 0.29) is 0 Å². The lowest BCUT2D eigenvalue weighted by Crippen LogP contribution is -1.90. The fourth-order valence-electron chi connectivity index (χ4n) is 0.597. The van der Waals surface area contributed by atoms with Gasteiger partial charge in [-0.05, 0) is 38.9 Å². The molecule has 62 valence electrons. The number of nitrogens with one attached hydrogen (secondary N) is 1. The van der Waals surface area contributed by atoms with Gasteiger partial charge in [0.15, 0.2) is 0 Å².